The highest BCUT2D eigenvalue weighted by Crippen LogP contribution is 2.40. The number of unbranched alkanes of at least 4 members (excludes halogenated alkanes) is 3. The van der Waals surface area contributed by atoms with Crippen LogP contribution in [0.4, 0.5) is 17.6 Å². The van der Waals surface area contributed by atoms with Gasteiger partial charge in [-0.15, -0.1) is 0 Å². The van der Waals surface area contributed by atoms with Crippen molar-refractivity contribution in [2.24, 2.45) is 0 Å². The smallest absolute Gasteiger partial charge is 0.381 e. The monoisotopic (exact) mass is 310 g/mol. The molecule has 0 amide bonds. The molecule has 0 aromatic carbocycles. The summed E-state index contributed by atoms with van der Waals surface area (Å²) in [6, 6.07) is 0. The molecule has 0 fully saturated rings. The Morgan fingerprint density at radius 2 is 1.63 bits per heavy atom. The normalized spacial score (nSPS) is 13.8. The second-order valence-corrected chi connectivity index (χ2v) is 5.58. The van der Waals surface area contributed by atoms with Crippen LogP contribution in [0.3, 0.4) is 0 Å². The third-order valence-corrected chi connectivity index (χ3v) is 3.40. The zero-order valence-electron chi connectivity index (χ0n) is 10.5. The molecule has 0 unspecified atom stereocenters. The van der Waals surface area contributed by atoms with E-state index >= 15 is 0 Å². The summed E-state index contributed by atoms with van der Waals surface area (Å²) in [7, 11) is -6.15. The Hall–Kier alpha value is -0.410. The van der Waals surface area contributed by atoms with Crippen molar-refractivity contribution in [3.8, 4) is 0 Å². The van der Waals surface area contributed by atoms with Gasteiger partial charge in [-0.1, -0.05) is 26.2 Å². The molecule has 0 spiro atoms. The molecule has 0 aliphatic rings. The quantitative estimate of drug-likeness (QED) is 0.382. The van der Waals surface area contributed by atoms with Crippen molar-refractivity contribution in [3.63, 3.8) is 0 Å². The van der Waals surface area contributed by atoms with Crippen LogP contribution in [-0.2, 0) is 14.9 Å². The number of hydrogen-bond donors (Lipinski definition) is 1. The molecule has 0 aromatic rings. The second kappa shape index (κ2) is 7.39. The zero-order valence-corrected chi connectivity index (χ0v) is 11.4. The topological polar surface area (TPSA) is 63.6 Å². The van der Waals surface area contributed by atoms with Gasteiger partial charge in [-0.05, 0) is 6.42 Å². The van der Waals surface area contributed by atoms with E-state index in [-0.39, 0.29) is 6.61 Å². The average molecular weight is 310 g/mol. The Balaban J connectivity index is 4.11. The van der Waals surface area contributed by atoms with Gasteiger partial charge in [-0.3, -0.25) is 4.55 Å². The van der Waals surface area contributed by atoms with Gasteiger partial charge >= 0.3 is 21.3 Å². The average Bonchev–Trinajstić information content (AvgIpc) is 2.26. The summed E-state index contributed by atoms with van der Waals surface area (Å²) in [6.07, 6.45) is 1.93. The van der Waals surface area contributed by atoms with Crippen LogP contribution in [-0.4, -0.2) is 37.4 Å². The fraction of sp³-hybridized carbons (Fsp3) is 1.00. The summed E-state index contributed by atoms with van der Waals surface area (Å²) in [4.78, 5) is 0. The molecule has 0 saturated heterocycles. The highest BCUT2D eigenvalue weighted by Gasteiger charge is 2.65. The van der Waals surface area contributed by atoms with Crippen molar-refractivity contribution < 1.29 is 35.3 Å². The Labute approximate surface area is 109 Å². The van der Waals surface area contributed by atoms with Crippen molar-refractivity contribution in [1.82, 2.24) is 0 Å². The molecule has 0 saturated carbocycles. The van der Waals surface area contributed by atoms with Gasteiger partial charge in [0.2, 0.25) is 0 Å². The molecule has 0 aromatic heterocycles. The lowest BCUT2D eigenvalue weighted by molar-refractivity contribution is -0.170. The van der Waals surface area contributed by atoms with Gasteiger partial charge in [-0.2, -0.15) is 26.0 Å². The Bertz CT molecular complexity index is 357. The van der Waals surface area contributed by atoms with Crippen LogP contribution in [0.2, 0.25) is 0 Å². The van der Waals surface area contributed by atoms with Gasteiger partial charge < -0.3 is 4.74 Å². The first-order chi connectivity index (χ1) is 8.56. The van der Waals surface area contributed by atoms with Crippen LogP contribution in [0, 0.1) is 0 Å². The largest absolute Gasteiger partial charge is 0.431 e. The zero-order chi connectivity index (χ0) is 15.2. The molecule has 0 atom stereocenters. The summed E-state index contributed by atoms with van der Waals surface area (Å²) >= 11 is 0. The van der Waals surface area contributed by atoms with Crippen molar-refractivity contribution in [2.75, 3.05) is 13.2 Å². The van der Waals surface area contributed by atoms with Crippen molar-refractivity contribution >= 4 is 10.1 Å². The van der Waals surface area contributed by atoms with Crippen molar-refractivity contribution in [3.05, 3.63) is 0 Å². The van der Waals surface area contributed by atoms with E-state index in [0.29, 0.717) is 6.42 Å². The van der Waals surface area contributed by atoms with Crippen LogP contribution in [0.5, 0.6) is 0 Å². The first kappa shape index (κ1) is 18.6. The van der Waals surface area contributed by atoms with Crippen LogP contribution >= 0.6 is 0 Å². The third-order valence-electron chi connectivity index (χ3n) is 2.45. The maximum atomic E-state index is 13.0. The Kier molecular flexibility index (Phi) is 7.23. The second-order valence-electron chi connectivity index (χ2n) is 4.12. The molecule has 116 valence electrons. The van der Waals surface area contributed by atoms with E-state index in [4.69, 9.17) is 9.29 Å². The molecular weight excluding hydrogens is 292 g/mol. The fourth-order valence-corrected chi connectivity index (χ4v) is 1.75. The summed E-state index contributed by atoms with van der Waals surface area (Å²) in [6.45, 7) is 1.43. The summed E-state index contributed by atoms with van der Waals surface area (Å²) in [5.41, 5.74) is 0. The van der Waals surface area contributed by atoms with E-state index in [1.54, 1.807) is 0 Å². The first-order valence-corrected chi connectivity index (χ1v) is 7.30. The number of ether oxygens (including phenoxy) is 1. The predicted octanol–water partition coefficient (Wildman–Crippen LogP) is 3.09. The van der Waals surface area contributed by atoms with E-state index in [1.165, 1.54) is 0 Å². The molecule has 0 rings (SSSR count). The fourth-order valence-electron chi connectivity index (χ4n) is 1.27. The van der Waals surface area contributed by atoms with E-state index in [9.17, 15) is 26.0 Å². The highest BCUT2D eigenvalue weighted by atomic mass is 32.2. The van der Waals surface area contributed by atoms with Gasteiger partial charge in [0, 0.05) is 13.0 Å². The van der Waals surface area contributed by atoms with E-state index < -0.39 is 34.3 Å². The molecule has 4 nitrogen and oxygen atoms in total. The minimum Gasteiger partial charge on any atom is -0.381 e. The van der Waals surface area contributed by atoms with Crippen LogP contribution in [0.25, 0.3) is 0 Å². The first-order valence-electron chi connectivity index (χ1n) is 5.86. The SMILES string of the molecule is CCCCCCOCCC(F)(F)C(F)(F)S(=O)(=O)O. The van der Waals surface area contributed by atoms with E-state index in [1.807, 2.05) is 6.92 Å². The van der Waals surface area contributed by atoms with Gasteiger partial charge in [-0.25, -0.2) is 0 Å². The highest BCUT2D eigenvalue weighted by molar-refractivity contribution is 7.87. The lowest BCUT2D eigenvalue weighted by atomic mass is 10.2. The van der Waals surface area contributed by atoms with Crippen LogP contribution < -0.4 is 0 Å². The number of hydrogen-bond acceptors (Lipinski definition) is 3. The maximum absolute atomic E-state index is 13.0. The van der Waals surface area contributed by atoms with Crippen LogP contribution in [0.15, 0.2) is 0 Å². The molecule has 0 aliphatic heterocycles. The standard InChI is InChI=1S/C10H18F4O4S/c1-2-3-4-5-7-18-8-6-9(11,12)10(13,14)19(15,16)17/h2-8H2,1H3,(H,15,16,17). The molecular formula is C10H18F4O4S. The van der Waals surface area contributed by atoms with Crippen molar-refractivity contribution in [2.45, 2.75) is 50.2 Å². The minimum atomic E-state index is -6.15. The van der Waals surface area contributed by atoms with Crippen molar-refractivity contribution in [1.29, 1.82) is 0 Å². The van der Waals surface area contributed by atoms with Gasteiger partial charge in [0.15, 0.2) is 0 Å². The number of halogens is 4. The number of alkyl halides is 4. The minimum absolute atomic E-state index is 0.146. The van der Waals surface area contributed by atoms with E-state index in [2.05, 4.69) is 0 Å². The van der Waals surface area contributed by atoms with Gasteiger partial charge in [0.1, 0.15) is 0 Å². The van der Waals surface area contributed by atoms with Crippen LogP contribution in [0.1, 0.15) is 39.0 Å². The Morgan fingerprint density at radius 1 is 1.05 bits per heavy atom. The van der Waals surface area contributed by atoms with Gasteiger partial charge in [0.25, 0.3) is 0 Å². The molecule has 1 N–H and O–H groups in total. The summed E-state index contributed by atoms with van der Waals surface area (Å²) in [5, 5.41) is -5.51. The maximum Gasteiger partial charge on any atom is 0.431 e. The lowest BCUT2D eigenvalue weighted by Gasteiger charge is -2.23. The third kappa shape index (κ3) is 5.62. The number of rotatable bonds is 10. The molecule has 0 heterocycles. The molecule has 0 bridgehead atoms. The molecule has 19 heavy (non-hydrogen) atoms. The summed E-state index contributed by atoms with van der Waals surface area (Å²) in [5.74, 6) is -4.87. The summed E-state index contributed by atoms with van der Waals surface area (Å²) < 4.78 is 84.6. The molecule has 9 heteroatoms. The predicted molar refractivity (Wildman–Crippen MR) is 61.0 cm³/mol. The van der Waals surface area contributed by atoms with E-state index in [0.717, 1.165) is 19.3 Å². The Morgan fingerprint density at radius 3 is 2.11 bits per heavy atom. The lowest BCUT2D eigenvalue weighted by Crippen LogP contribution is -2.47. The molecule has 0 aliphatic carbocycles. The molecule has 0 radical (unpaired) electrons. The van der Waals surface area contributed by atoms with Gasteiger partial charge in [0.05, 0.1) is 6.61 Å².